The minimum absolute atomic E-state index is 0.310. The van der Waals surface area contributed by atoms with Crippen molar-refractivity contribution >= 4 is 12.4 Å². The van der Waals surface area contributed by atoms with E-state index in [1.54, 1.807) is 46.6 Å². The number of methoxy groups -OCH3 is 4. The van der Waals surface area contributed by atoms with Crippen molar-refractivity contribution < 1.29 is 33.2 Å². The van der Waals surface area contributed by atoms with Gasteiger partial charge < -0.3 is 28.4 Å². The summed E-state index contributed by atoms with van der Waals surface area (Å²) in [5.41, 5.74) is 1.57. The van der Waals surface area contributed by atoms with Crippen LogP contribution in [-0.2, 0) is 4.79 Å². The van der Waals surface area contributed by atoms with E-state index in [9.17, 15) is 4.79 Å². The first-order chi connectivity index (χ1) is 14.1. The highest BCUT2D eigenvalue weighted by Crippen LogP contribution is 2.48. The monoisotopic (exact) mass is 400 g/mol. The van der Waals surface area contributed by atoms with Gasteiger partial charge in [-0.25, -0.2) is 0 Å². The first-order valence-corrected chi connectivity index (χ1v) is 9.03. The van der Waals surface area contributed by atoms with E-state index in [2.05, 4.69) is 0 Å². The van der Waals surface area contributed by atoms with Gasteiger partial charge in [-0.2, -0.15) is 0 Å². The number of allylic oxidation sites excluding steroid dienone is 1. The fourth-order valence-electron chi connectivity index (χ4n) is 3.28. The quantitative estimate of drug-likeness (QED) is 0.517. The summed E-state index contributed by atoms with van der Waals surface area (Å²) < 4.78 is 34.2. The van der Waals surface area contributed by atoms with Gasteiger partial charge in [0.1, 0.15) is 12.4 Å². The molecular weight excluding hydrogens is 376 g/mol. The number of benzene rings is 2. The highest BCUT2D eigenvalue weighted by Gasteiger charge is 2.33. The highest BCUT2D eigenvalue weighted by atomic mass is 16.6. The van der Waals surface area contributed by atoms with Gasteiger partial charge in [0.05, 0.1) is 28.4 Å². The molecule has 3 rings (SSSR count). The van der Waals surface area contributed by atoms with Gasteiger partial charge in [0.2, 0.25) is 11.5 Å². The van der Waals surface area contributed by atoms with Gasteiger partial charge >= 0.3 is 0 Å². The molecule has 0 spiro atoms. The average Bonchev–Trinajstić information content (AvgIpc) is 2.75. The van der Waals surface area contributed by atoms with Gasteiger partial charge in [-0.3, -0.25) is 4.79 Å². The standard InChI is InChI=1S/C22H24O7/c1-13-20(15-11-17(25-3)21(27-5)18(12-15)26-4)29-19-10-14(7-6-8-23)9-16(24-2)22(19)28-13/h6-13,20H,1-5H3. The summed E-state index contributed by atoms with van der Waals surface area (Å²) in [6, 6.07) is 7.26. The second-order valence-electron chi connectivity index (χ2n) is 6.37. The van der Waals surface area contributed by atoms with Crippen LogP contribution in [0.1, 0.15) is 24.2 Å². The van der Waals surface area contributed by atoms with Crippen LogP contribution >= 0.6 is 0 Å². The van der Waals surface area contributed by atoms with E-state index in [0.29, 0.717) is 40.8 Å². The topological polar surface area (TPSA) is 72.5 Å². The zero-order valence-corrected chi connectivity index (χ0v) is 17.1. The summed E-state index contributed by atoms with van der Waals surface area (Å²) in [6.07, 6.45) is 3.06. The van der Waals surface area contributed by atoms with Crippen LogP contribution in [0.25, 0.3) is 6.08 Å². The zero-order chi connectivity index (χ0) is 21.0. The minimum atomic E-state index is -0.425. The number of carbonyl (C=O) groups is 1. The number of carbonyl (C=O) groups excluding carboxylic acids is 1. The lowest BCUT2D eigenvalue weighted by Gasteiger charge is -2.33. The smallest absolute Gasteiger partial charge is 0.204 e. The van der Waals surface area contributed by atoms with E-state index in [4.69, 9.17) is 28.4 Å². The first-order valence-electron chi connectivity index (χ1n) is 9.03. The molecule has 0 saturated carbocycles. The maximum absolute atomic E-state index is 10.7. The molecule has 1 heterocycles. The maximum Gasteiger partial charge on any atom is 0.204 e. The Kier molecular flexibility index (Phi) is 6.16. The SMILES string of the molecule is COc1cc(C2Oc3cc(C=CC=O)cc(OC)c3OC2C)cc(OC)c1OC. The van der Waals surface area contributed by atoms with Gasteiger partial charge in [0, 0.05) is 5.56 Å². The maximum atomic E-state index is 10.7. The second-order valence-corrected chi connectivity index (χ2v) is 6.37. The number of fused-ring (bicyclic) bond motifs is 1. The molecule has 7 nitrogen and oxygen atoms in total. The molecule has 7 heteroatoms. The fraction of sp³-hybridized carbons (Fsp3) is 0.318. The van der Waals surface area contributed by atoms with Crippen molar-refractivity contribution in [1.82, 2.24) is 0 Å². The molecular formula is C22H24O7. The summed E-state index contributed by atoms with van der Waals surface area (Å²) in [5, 5.41) is 0. The van der Waals surface area contributed by atoms with E-state index >= 15 is 0 Å². The Balaban J connectivity index is 2.05. The Morgan fingerprint density at radius 3 is 2.07 bits per heavy atom. The third-order valence-corrected chi connectivity index (χ3v) is 4.63. The average molecular weight is 400 g/mol. The lowest BCUT2D eigenvalue weighted by molar-refractivity contribution is -0.104. The minimum Gasteiger partial charge on any atom is -0.493 e. The number of aldehydes is 1. The van der Waals surface area contributed by atoms with Crippen molar-refractivity contribution in [3.05, 3.63) is 41.5 Å². The van der Waals surface area contributed by atoms with Crippen molar-refractivity contribution in [2.45, 2.75) is 19.1 Å². The Bertz CT molecular complexity index is 895. The molecule has 154 valence electrons. The van der Waals surface area contributed by atoms with E-state index in [0.717, 1.165) is 11.1 Å². The summed E-state index contributed by atoms with van der Waals surface area (Å²) in [4.78, 5) is 10.7. The lowest BCUT2D eigenvalue weighted by Crippen LogP contribution is -2.31. The molecule has 0 amide bonds. The molecule has 2 unspecified atom stereocenters. The highest BCUT2D eigenvalue weighted by molar-refractivity contribution is 5.75. The molecule has 29 heavy (non-hydrogen) atoms. The molecule has 0 saturated heterocycles. The molecule has 1 aliphatic heterocycles. The molecule has 2 aromatic rings. The van der Waals surface area contributed by atoms with Gasteiger partial charge in [-0.15, -0.1) is 0 Å². The van der Waals surface area contributed by atoms with Gasteiger partial charge in [-0.1, -0.05) is 6.08 Å². The number of ether oxygens (including phenoxy) is 6. The van der Waals surface area contributed by atoms with E-state index in [1.165, 1.54) is 6.08 Å². The van der Waals surface area contributed by atoms with Crippen LogP contribution in [-0.4, -0.2) is 40.8 Å². The Morgan fingerprint density at radius 2 is 1.52 bits per heavy atom. The van der Waals surface area contributed by atoms with Crippen LogP contribution < -0.4 is 28.4 Å². The third-order valence-electron chi connectivity index (χ3n) is 4.63. The van der Waals surface area contributed by atoms with Crippen molar-refractivity contribution in [2.75, 3.05) is 28.4 Å². The van der Waals surface area contributed by atoms with Crippen LogP contribution in [0.2, 0.25) is 0 Å². The number of hydrogen-bond donors (Lipinski definition) is 0. The van der Waals surface area contributed by atoms with E-state index < -0.39 is 6.10 Å². The molecule has 0 aliphatic carbocycles. The fourth-order valence-corrected chi connectivity index (χ4v) is 3.28. The van der Waals surface area contributed by atoms with Crippen LogP contribution in [0.4, 0.5) is 0 Å². The Hall–Kier alpha value is -3.35. The third kappa shape index (κ3) is 3.94. The number of hydrogen-bond acceptors (Lipinski definition) is 7. The molecule has 0 aromatic heterocycles. The van der Waals surface area contributed by atoms with Crippen molar-refractivity contribution in [3.8, 4) is 34.5 Å². The normalized spacial score (nSPS) is 17.7. The molecule has 0 N–H and O–H groups in total. The largest absolute Gasteiger partial charge is 0.493 e. The van der Waals surface area contributed by atoms with Gasteiger partial charge in [0.25, 0.3) is 0 Å². The van der Waals surface area contributed by atoms with Gasteiger partial charge in [-0.05, 0) is 42.8 Å². The zero-order valence-electron chi connectivity index (χ0n) is 17.1. The van der Waals surface area contributed by atoms with Crippen LogP contribution in [0, 0.1) is 0 Å². The van der Waals surface area contributed by atoms with Crippen LogP contribution in [0.15, 0.2) is 30.3 Å². The summed E-state index contributed by atoms with van der Waals surface area (Å²) >= 11 is 0. The molecule has 0 bridgehead atoms. The molecule has 2 aromatic carbocycles. The summed E-state index contributed by atoms with van der Waals surface area (Å²) in [6.45, 7) is 1.91. The predicted molar refractivity (Wildman–Crippen MR) is 108 cm³/mol. The molecule has 0 radical (unpaired) electrons. The van der Waals surface area contributed by atoms with Gasteiger partial charge in [0.15, 0.2) is 29.1 Å². The molecule has 1 aliphatic rings. The summed E-state index contributed by atoms with van der Waals surface area (Å²) in [7, 11) is 6.24. The van der Waals surface area contributed by atoms with E-state index in [-0.39, 0.29) is 6.10 Å². The first kappa shape index (κ1) is 20.4. The second kappa shape index (κ2) is 8.77. The van der Waals surface area contributed by atoms with Crippen molar-refractivity contribution in [1.29, 1.82) is 0 Å². The summed E-state index contributed by atoms with van der Waals surface area (Å²) in [5.74, 6) is 3.14. The number of rotatable bonds is 7. The van der Waals surface area contributed by atoms with Crippen LogP contribution in [0.5, 0.6) is 34.5 Å². The van der Waals surface area contributed by atoms with Crippen LogP contribution in [0.3, 0.4) is 0 Å². The Morgan fingerprint density at radius 1 is 0.862 bits per heavy atom. The Labute approximate surface area is 169 Å². The molecule has 2 atom stereocenters. The van der Waals surface area contributed by atoms with Crippen molar-refractivity contribution in [3.63, 3.8) is 0 Å². The molecule has 0 fully saturated rings. The lowest BCUT2D eigenvalue weighted by atomic mass is 10.0. The predicted octanol–water partition coefficient (Wildman–Crippen LogP) is 3.83. The van der Waals surface area contributed by atoms with Crippen molar-refractivity contribution in [2.24, 2.45) is 0 Å². The van der Waals surface area contributed by atoms with E-state index in [1.807, 2.05) is 19.1 Å².